The molecule has 0 aromatic carbocycles. The van der Waals surface area contributed by atoms with Gasteiger partial charge in [0.2, 0.25) is 5.91 Å². The van der Waals surface area contributed by atoms with Gasteiger partial charge in [-0.25, -0.2) is 0 Å². The number of hydrogen-bond acceptors (Lipinski definition) is 3. The van der Waals surface area contributed by atoms with Gasteiger partial charge in [-0.2, -0.15) is 0 Å². The molecular formula is C12H24N2O2. The van der Waals surface area contributed by atoms with Gasteiger partial charge in [0.25, 0.3) is 0 Å². The van der Waals surface area contributed by atoms with E-state index >= 15 is 0 Å². The van der Waals surface area contributed by atoms with Gasteiger partial charge in [0.15, 0.2) is 0 Å². The summed E-state index contributed by atoms with van der Waals surface area (Å²) in [5.74, 6) is 0.204. The average Bonchev–Trinajstić information content (AvgIpc) is 2.29. The lowest BCUT2D eigenvalue weighted by Crippen LogP contribution is -2.53. The number of amides is 1. The highest BCUT2D eigenvalue weighted by Crippen LogP contribution is 2.14. The van der Waals surface area contributed by atoms with Crippen LogP contribution in [0.5, 0.6) is 0 Å². The predicted molar refractivity (Wildman–Crippen MR) is 64.4 cm³/mol. The Balaban J connectivity index is 2.43. The third kappa shape index (κ3) is 3.76. The lowest BCUT2D eigenvalue weighted by Gasteiger charge is -2.38. The highest BCUT2D eigenvalue weighted by Gasteiger charge is 2.28. The molecule has 0 aromatic heterocycles. The number of hydrogen-bond donors (Lipinski definition) is 1. The van der Waals surface area contributed by atoms with Gasteiger partial charge in [-0.1, -0.05) is 13.8 Å². The number of nitrogens with one attached hydrogen (secondary N) is 1. The zero-order valence-electron chi connectivity index (χ0n) is 10.7. The summed E-state index contributed by atoms with van der Waals surface area (Å²) in [6.45, 7) is 8.99. The first-order valence-electron chi connectivity index (χ1n) is 6.30. The van der Waals surface area contributed by atoms with Crippen molar-refractivity contribution >= 4 is 5.91 Å². The lowest BCUT2D eigenvalue weighted by atomic mass is 10.1. The highest BCUT2D eigenvalue weighted by atomic mass is 16.5. The topological polar surface area (TPSA) is 41.6 Å². The zero-order chi connectivity index (χ0) is 12.0. The van der Waals surface area contributed by atoms with Crippen molar-refractivity contribution in [2.45, 2.75) is 45.8 Å². The second-order valence-electron chi connectivity index (χ2n) is 4.43. The Labute approximate surface area is 98.3 Å². The maximum atomic E-state index is 12.0. The van der Waals surface area contributed by atoms with Crippen LogP contribution in [0.4, 0.5) is 0 Å². The Hall–Kier alpha value is -0.610. The molecule has 94 valence electrons. The molecule has 0 bridgehead atoms. The van der Waals surface area contributed by atoms with E-state index in [9.17, 15) is 4.79 Å². The van der Waals surface area contributed by atoms with E-state index in [1.165, 1.54) is 0 Å². The summed E-state index contributed by atoms with van der Waals surface area (Å²) in [6.07, 6.45) is 2.19. The highest BCUT2D eigenvalue weighted by molar-refractivity contribution is 5.78. The van der Waals surface area contributed by atoms with Crippen LogP contribution in [0.2, 0.25) is 0 Å². The van der Waals surface area contributed by atoms with Crippen LogP contribution < -0.4 is 5.32 Å². The summed E-state index contributed by atoms with van der Waals surface area (Å²) in [5, 5.41) is 3.16. The smallest absolute Gasteiger partial charge is 0.236 e. The summed E-state index contributed by atoms with van der Waals surface area (Å²) in [4.78, 5) is 14.0. The molecule has 1 saturated heterocycles. The second-order valence-corrected chi connectivity index (χ2v) is 4.43. The van der Waals surface area contributed by atoms with E-state index in [0.29, 0.717) is 13.2 Å². The molecule has 1 rings (SSSR count). The molecular weight excluding hydrogens is 204 g/mol. The molecule has 0 saturated carbocycles. The van der Waals surface area contributed by atoms with Crippen molar-refractivity contribution < 1.29 is 9.53 Å². The lowest BCUT2D eigenvalue weighted by molar-refractivity contribution is -0.143. The van der Waals surface area contributed by atoms with Crippen molar-refractivity contribution in [2.75, 3.05) is 26.2 Å². The Morgan fingerprint density at radius 2 is 2.25 bits per heavy atom. The molecule has 0 aliphatic carbocycles. The molecule has 1 aliphatic rings. The first-order chi connectivity index (χ1) is 7.69. The Kier molecular flexibility index (Phi) is 5.77. The van der Waals surface area contributed by atoms with Crippen LogP contribution in [0.3, 0.4) is 0 Å². The molecule has 16 heavy (non-hydrogen) atoms. The SMILES string of the molecule is CCCNCC(=O)N1CC(C)OCC1CC. The van der Waals surface area contributed by atoms with Gasteiger partial charge in [0, 0.05) is 6.54 Å². The van der Waals surface area contributed by atoms with E-state index < -0.39 is 0 Å². The normalized spacial score (nSPS) is 25.8. The van der Waals surface area contributed by atoms with Gasteiger partial charge in [-0.05, 0) is 26.3 Å². The van der Waals surface area contributed by atoms with E-state index in [1.807, 2.05) is 11.8 Å². The quantitative estimate of drug-likeness (QED) is 0.714. The standard InChI is InChI=1S/C12H24N2O2/c1-4-6-13-7-12(15)14-8-10(3)16-9-11(14)5-2/h10-11,13H,4-9H2,1-3H3. The molecule has 0 radical (unpaired) electrons. The first-order valence-corrected chi connectivity index (χ1v) is 6.30. The maximum Gasteiger partial charge on any atom is 0.236 e. The number of nitrogens with zero attached hydrogens (tertiary/aromatic N) is 1. The van der Waals surface area contributed by atoms with Crippen molar-refractivity contribution in [2.24, 2.45) is 0 Å². The fraction of sp³-hybridized carbons (Fsp3) is 0.917. The van der Waals surface area contributed by atoms with Crippen LogP contribution in [0, 0.1) is 0 Å². The molecule has 0 spiro atoms. The Morgan fingerprint density at radius 1 is 1.50 bits per heavy atom. The third-order valence-electron chi connectivity index (χ3n) is 2.96. The molecule has 1 heterocycles. The van der Waals surface area contributed by atoms with Crippen LogP contribution in [0.1, 0.15) is 33.6 Å². The van der Waals surface area contributed by atoms with E-state index in [2.05, 4.69) is 19.2 Å². The molecule has 1 N–H and O–H groups in total. The zero-order valence-corrected chi connectivity index (χ0v) is 10.7. The van der Waals surface area contributed by atoms with Gasteiger partial charge in [0.1, 0.15) is 0 Å². The molecule has 4 nitrogen and oxygen atoms in total. The number of morpholine rings is 1. The van der Waals surface area contributed by atoms with E-state index in [-0.39, 0.29) is 18.1 Å². The molecule has 2 atom stereocenters. The molecule has 0 aromatic rings. The summed E-state index contributed by atoms with van der Waals surface area (Å²) < 4.78 is 5.57. The molecule has 2 unspecified atom stereocenters. The van der Waals surface area contributed by atoms with Gasteiger partial charge < -0.3 is 15.0 Å². The average molecular weight is 228 g/mol. The number of carbonyl (C=O) groups is 1. The number of ether oxygens (including phenoxy) is 1. The molecule has 1 amide bonds. The summed E-state index contributed by atoms with van der Waals surface area (Å²) in [7, 11) is 0. The molecule has 1 fully saturated rings. The second kappa shape index (κ2) is 6.86. The van der Waals surface area contributed by atoms with Gasteiger partial charge >= 0.3 is 0 Å². The minimum absolute atomic E-state index is 0.165. The largest absolute Gasteiger partial charge is 0.375 e. The summed E-state index contributed by atoms with van der Waals surface area (Å²) in [5.41, 5.74) is 0. The van der Waals surface area contributed by atoms with Crippen molar-refractivity contribution in [3.05, 3.63) is 0 Å². The van der Waals surface area contributed by atoms with Gasteiger partial charge in [-0.15, -0.1) is 0 Å². The number of carbonyl (C=O) groups excluding carboxylic acids is 1. The van der Waals surface area contributed by atoms with Gasteiger partial charge in [0.05, 0.1) is 25.3 Å². The van der Waals surface area contributed by atoms with E-state index in [4.69, 9.17) is 4.74 Å². The fourth-order valence-corrected chi connectivity index (χ4v) is 1.96. The minimum atomic E-state index is 0.165. The van der Waals surface area contributed by atoms with Crippen LogP contribution in [0.25, 0.3) is 0 Å². The molecule has 1 aliphatic heterocycles. The van der Waals surface area contributed by atoms with Crippen LogP contribution in [-0.4, -0.2) is 49.2 Å². The first kappa shape index (κ1) is 13.5. The van der Waals surface area contributed by atoms with E-state index in [1.54, 1.807) is 0 Å². The van der Waals surface area contributed by atoms with Crippen molar-refractivity contribution in [3.8, 4) is 0 Å². The fourth-order valence-electron chi connectivity index (χ4n) is 1.96. The predicted octanol–water partition coefficient (Wildman–Crippen LogP) is 1.01. The van der Waals surface area contributed by atoms with Gasteiger partial charge in [-0.3, -0.25) is 4.79 Å². The monoisotopic (exact) mass is 228 g/mol. The van der Waals surface area contributed by atoms with E-state index in [0.717, 1.165) is 25.9 Å². The number of rotatable bonds is 5. The summed E-state index contributed by atoms with van der Waals surface area (Å²) >= 11 is 0. The third-order valence-corrected chi connectivity index (χ3v) is 2.96. The van der Waals surface area contributed by atoms with Crippen LogP contribution in [-0.2, 0) is 9.53 Å². The van der Waals surface area contributed by atoms with Crippen molar-refractivity contribution in [3.63, 3.8) is 0 Å². The Morgan fingerprint density at radius 3 is 2.88 bits per heavy atom. The summed E-state index contributed by atoms with van der Waals surface area (Å²) in [6, 6.07) is 0.257. The minimum Gasteiger partial charge on any atom is -0.375 e. The van der Waals surface area contributed by atoms with Crippen LogP contribution in [0.15, 0.2) is 0 Å². The van der Waals surface area contributed by atoms with Crippen molar-refractivity contribution in [1.29, 1.82) is 0 Å². The van der Waals surface area contributed by atoms with Crippen LogP contribution >= 0.6 is 0 Å². The molecule has 4 heteroatoms. The maximum absolute atomic E-state index is 12.0. The van der Waals surface area contributed by atoms with Crippen molar-refractivity contribution in [1.82, 2.24) is 10.2 Å². The Bertz CT molecular complexity index is 221.